The van der Waals surface area contributed by atoms with Crippen molar-refractivity contribution < 1.29 is 8.91 Å². The molecular weight excluding hydrogens is 387 g/mol. The molecule has 140 valence electrons. The quantitative estimate of drug-likeness (QED) is 0.494. The van der Waals surface area contributed by atoms with Gasteiger partial charge in [0.2, 0.25) is 11.7 Å². The van der Waals surface area contributed by atoms with Crippen LogP contribution < -0.4 is 11.1 Å². The third kappa shape index (κ3) is 3.49. The fraction of sp³-hybridized carbons (Fsp3) is 0.0526. The molecule has 9 heteroatoms. The highest BCUT2D eigenvalue weighted by atomic mass is 35.5. The molecule has 0 spiro atoms. The first-order valence-electron chi connectivity index (χ1n) is 8.18. The van der Waals surface area contributed by atoms with Crippen LogP contribution in [0.25, 0.3) is 17.1 Å². The zero-order valence-corrected chi connectivity index (χ0v) is 15.0. The zero-order chi connectivity index (χ0) is 19.7. The number of nitrogens with zero attached hydrogens (tertiary/aromatic N) is 4. The van der Waals surface area contributed by atoms with Gasteiger partial charge in [-0.1, -0.05) is 28.9 Å². The fourth-order valence-electron chi connectivity index (χ4n) is 2.65. The lowest BCUT2D eigenvalue weighted by Gasteiger charge is -2.07. The molecule has 0 unspecified atom stereocenters. The van der Waals surface area contributed by atoms with Gasteiger partial charge < -0.3 is 4.52 Å². The van der Waals surface area contributed by atoms with Crippen molar-refractivity contribution in [1.29, 1.82) is 0 Å². The van der Waals surface area contributed by atoms with Crippen molar-refractivity contribution in [1.82, 2.24) is 19.3 Å². The van der Waals surface area contributed by atoms with Gasteiger partial charge in [-0.3, -0.25) is 18.7 Å². The summed E-state index contributed by atoms with van der Waals surface area (Å²) in [5.74, 6) is -0.118. The molecule has 7 nitrogen and oxygen atoms in total. The Labute approximate surface area is 162 Å². The molecule has 0 aliphatic rings. The second kappa shape index (κ2) is 7.24. The van der Waals surface area contributed by atoms with Gasteiger partial charge in [-0.15, -0.1) is 0 Å². The molecule has 4 rings (SSSR count). The van der Waals surface area contributed by atoms with Gasteiger partial charge in [0.15, 0.2) is 0 Å². The van der Waals surface area contributed by atoms with Crippen molar-refractivity contribution in [3.8, 4) is 17.1 Å². The molecule has 0 aliphatic carbocycles. The third-order valence-corrected chi connectivity index (χ3v) is 4.27. The van der Waals surface area contributed by atoms with Crippen LogP contribution in [0.1, 0.15) is 5.89 Å². The van der Waals surface area contributed by atoms with Crippen molar-refractivity contribution in [2.45, 2.75) is 6.54 Å². The molecule has 0 fully saturated rings. The van der Waals surface area contributed by atoms with Crippen LogP contribution in [0.5, 0.6) is 0 Å². The van der Waals surface area contributed by atoms with Gasteiger partial charge in [-0.25, -0.2) is 4.39 Å². The average molecular weight is 399 g/mol. The van der Waals surface area contributed by atoms with Crippen molar-refractivity contribution >= 4 is 11.6 Å². The number of halogens is 2. The minimum atomic E-state index is -0.747. The Morgan fingerprint density at radius 3 is 2.57 bits per heavy atom. The third-order valence-electron chi connectivity index (χ3n) is 4.02. The molecule has 4 aromatic rings. The van der Waals surface area contributed by atoms with Crippen LogP contribution in [0.4, 0.5) is 4.39 Å². The summed E-state index contributed by atoms with van der Waals surface area (Å²) in [6.07, 6.45) is 2.92. The summed E-state index contributed by atoms with van der Waals surface area (Å²) < 4.78 is 20.8. The maximum absolute atomic E-state index is 13.3. The summed E-state index contributed by atoms with van der Waals surface area (Å²) in [5, 5.41) is 4.31. The van der Waals surface area contributed by atoms with Gasteiger partial charge in [0.25, 0.3) is 0 Å². The Morgan fingerprint density at radius 2 is 1.82 bits per heavy atom. The largest absolute Gasteiger partial charge is 0.337 e. The predicted octanol–water partition coefficient (Wildman–Crippen LogP) is 2.89. The Bertz CT molecular complexity index is 1260. The van der Waals surface area contributed by atoms with Crippen molar-refractivity contribution in [2.75, 3.05) is 0 Å². The lowest BCUT2D eigenvalue weighted by atomic mass is 10.2. The van der Waals surface area contributed by atoms with Gasteiger partial charge in [0.05, 0.1) is 0 Å². The number of hydrogen-bond acceptors (Lipinski definition) is 5. The van der Waals surface area contributed by atoms with E-state index in [0.29, 0.717) is 16.3 Å². The minimum Gasteiger partial charge on any atom is -0.337 e. The number of hydrogen-bond donors (Lipinski definition) is 0. The van der Waals surface area contributed by atoms with Crippen LogP contribution in [0.15, 0.2) is 75.0 Å². The fourth-order valence-corrected chi connectivity index (χ4v) is 2.77. The van der Waals surface area contributed by atoms with E-state index in [1.165, 1.54) is 35.2 Å². The van der Waals surface area contributed by atoms with Gasteiger partial charge in [-0.05, 0) is 36.4 Å². The molecule has 2 heterocycles. The topological polar surface area (TPSA) is 82.9 Å². The van der Waals surface area contributed by atoms with E-state index in [2.05, 4.69) is 10.1 Å². The zero-order valence-electron chi connectivity index (χ0n) is 14.3. The van der Waals surface area contributed by atoms with Crippen LogP contribution in [-0.4, -0.2) is 19.3 Å². The maximum Gasteiger partial charge on any atom is 0.320 e. The van der Waals surface area contributed by atoms with Crippen LogP contribution in [-0.2, 0) is 6.54 Å². The highest BCUT2D eigenvalue weighted by Gasteiger charge is 2.13. The van der Waals surface area contributed by atoms with Crippen LogP contribution in [0, 0.1) is 5.82 Å². The van der Waals surface area contributed by atoms with E-state index < -0.39 is 16.9 Å². The lowest BCUT2D eigenvalue weighted by molar-refractivity contribution is 0.369. The van der Waals surface area contributed by atoms with Gasteiger partial charge in [-0.2, -0.15) is 4.98 Å². The summed E-state index contributed by atoms with van der Waals surface area (Å²) in [6.45, 7) is -0.0855. The molecule has 0 radical (unpaired) electrons. The van der Waals surface area contributed by atoms with Crippen LogP contribution >= 0.6 is 11.6 Å². The molecule has 0 saturated carbocycles. The first-order chi connectivity index (χ1) is 13.5. The Kier molecular flexibility index (Phi) is 4.62. The minimum absolute atomic E-state index is 0.0855. The van der Waals surface area contributed by atoms with Gasteiger partial charge in [0.1, 0.15) is 12.4 Å². The maximum atomic E-state index is 13.3. The van der Waals surface area contributed by atoms with Gasteiger partial charge >= 0.3 is 11.1 Å². The number of aromatic nitrogens is 4. The molecule has 2 aromatic heterocycles. The Balaban J connectivity index is 1.63. The first-order valence-corrected chi connectivity index (χ1v) is 8.55. The Morgan fingerprint density at radius 1 is 1.04 bits per heavy atom. The van der Waals surface area contributed by atoms with Gasteiger partial charge in [0, 0.05) is 28.7 Å². The molecule has 0 saturated heterocycles. The predicted molar refractivity (Wildman–Crippen MR) is 100 cm³/mol. The van der Waals surface area contributed by atoms with E-state index >= 15 is 0 Å². The summed E-state index contributed by atoms with van der Waals surface area (Å²) >= 11 is 5.84. The molecule has 0 atom stereocenters. The van der Waals surface area contributed by atoms with E-state index in [1.807, 2.05) is 0 Å². The molecule has 0 aliphatic heterocycles. The van der Waals surface area contributed by atoms with E-state index in [9.17, 15) is 14.0 Å². The molecular formula is C19H12ClFN4O3. The number of rotatable bonds is 4. The summed E-state index contributed by atoms with van der Waals surface area (Å²) in [4.78, 5) is 29.0. The van der Waals surface area contributed by atoms with E-state index in [1.54, 1.807) is 30.3 Å². The Hall–Kier alpha value is -3.52. The van der Waals surface area contributed by atoms with Crippen molar-refractivity contribution in [3.05, 3.63) is 98.4 Å². The molecule has 0 N–H and O–H groups in total. The standard InChI is InChI=1S/C19H12ClFN4O3/c20-13-4-6-15(7-5-13)25-9-8-24(18(26)19(25)27)11-16-22-17(23-28-16)12-2-1-3-14(21)10-12/h1-10H,11H2. The molecule has 0 bridgehead atoms. The highest BCUT2D eigenvalue weighted by Crippen LogP contribution is 2.17. The highest BCUT2D eigenvalue weighted by molar-refractivity contribution is 6.30. The van der Waals surface area contributed by atoms with E-state index in [0.717, 1.165) is 4.57 Å². The second-order valence-electron chi connectivity index (χ2n) is 5.90. The SMILES string of the molecule is O=c1c(=O)n(-c2ccc(Cl)cc2)ccn1Cc1nc(-c2cccc(F)c2)no1. The van der Waals surface area contributed by atoms with Crippen molar-refractivity contribution in [3.63, 3.8) is 0 Å². The summed E-state index contributed by atoms with van der Waals surface area (Å²) in [5.41, 5.74) is -0.511. The van der Waals surface area contributed by atoms with Crippen LogP contribution in [0.2, 0.25) is 5.02 Å². The van der Waals surface area contributed by atoms with E-state index in [4.69, 9.17) is 16.1 Å². The first kappa shape index (κ1) is 17.9. The summed E-state index contributed by atoms with van der Waals surface area (Å²) in [7, 11) is 0. The molecule has 2 aromatic carbocycles. The molecule has 28 heavy (non-hydrogen) atoms. The second-order valence-corrected chi connectivity index (χ2v) is 6.34. The van der Waals surface area contributed by atoms with Crippen molar-refractivity contribution in [2.24, 2.45) is 0 Å². The smallest absolute Gasteiger partial charge is 0.320 e. The van der Waals surface area contributed by atoms with E-state index in [-0.39, 0.29) is 18.3 Å². The summed E-state index contributed by atoms with van der Waals surface area (Å²) in [6, 6.07) is 12.3. The monoisotopic (exact) mass is 398 g/mol. The van der Waals surface area contributed by atoms with Crippen LogP contribution in [0.3, 0.4) is 0 Å². The lowest BCUT2D eigenvalue weighted by Crippen LogP contribution is -2.40. The normalized spacial score (nSPS) is 10.9. The average Bonchev–Trinajstić information content (AvgIpc) is 3.15. The number of benzene rings is 2. The molecule has 0 amide bonds.